The summed E-state index contributed by atoms with van der Waals surface area (Å²) >= 11 is 0. The maximum absolute atomic E-state index is 12.6. The molecule has 2 heterocycles. The Hall–Kier alpha value is -1.96. The average molecular weight is 539 g/mol. The van der Waals surface area contributed by atoms with Gasteiger partial charge in [-0.15, -0.1) is 0 Å². The van der Waals surface area contributed by atoms with Gasteiger partial charge in [0.05, 0.1) is 37.1 Å². The highest BCUT2D eigenvalue weighted by atomic mass is 19.4. The number of alkyl halides is 6. The molecule has 4 atom stereocenters. The van der Waals surface area contributed by atoms with Crippen LogP contribution in [0, 0.1) is 11.8 Å². The van der Waals surface area contributed by atoms with E-state index in [2.05, 4.69) is 0 Å². The number of aliphatic hydroxyl groups excluding tert-OH is 2. The third kappa shape index (κ3) is 9.83. The van der Waals surface area contributed by atoms with Crippen LogP contribution in [-0.2, 0) is 9.47 Å². The molecule has 0 unspecified atom stereocenters. The normalized spacial score (nSPS) is 25.4. The highest BCUT2D eigenvalue weighted by molar-refractivity contribution is 5.69. The topological polar surface area (TPSA) is 99.5 Å². The molecule has 0 aromatic heterocycles. The molecule has 0 aromatic rings. The molecule has 0 aromatic carbocycles. The fraction of sp³-hybridized carbons (Fsp3) is 0.909. The number of nitrogens with zero attached hydrogens (tertiary/aromatic N) is 2. The molecule has 2 saturated heterocycles. The lowest BCUT2D eigenvalue weighted by Gasteiger charge is -2.27. The largest absolute Gasteiger partial charge is 0.444 e. The number of rotatable bonds is 2. The Morgan fingerprint density at radius 2 is 0.972 bits per heavy atom. The van der Waals surface area contributed by atoms with Crippen molar-refractivity contribution in [3.05, 3.63) is 0 Å². The van der Waals surface area contributed by atoms with Gasteiger partial charge in [0.25, 0.3) is 0 Å². The third-order valence-corrected chi connectivity index (χ3v) is 5.43. The van der Waals surface area contributed by atoms with Gasteiger partial charge in [-0.25, -0.2) is 9.59 Å². The van der Waals surface area contributed by atoms with Crippen molar-refractivity contribution in [3.63, 3.8) is 0 Å². The van der Waals surface area contributed by atoms with Gasteiger partial charge in [0, 0.05) is 13.1 Å². The first-order valence-corrected chi connectivity index (χ1v) is 11.4. The van der Waals surface area contributed by atoms with E-state index in [1.807, 2.05) is 0 Å². The van der Waals surface area contributed by atoms with Gasteiger partial charge in [-0.2, -0.15) is 26.3 Å². The molecular weight excluding hydrogens is 502 g/mol. The number of carbonyl (C=O) groups is 2. The fourth-order valence-corrected chi connectivity index (χ4v) is 3.74. The Balaban J connectivity index is 0.000000360. The molecule has 0 saturated carbocycles. The van der Waals surface area contributed by atoms with E-state index in [0.717, 1.165) is 9.80 Å². The Morgan fingerprint density at radius 1 is 0.694 bits per heavy atom. The van der Waals surface area contributed by atoms with Crippen molar-refractivity contribution in [1.29, 1.82) is 0 Å². The number of hydrogen-bond acceptors (Lipinski definition) is 6. The Kier molecular flexibility index (Phi) is 10.3. The molecule has 2 aliphatic heterocycles. The van der Waals surface area contributed by atoms with Crippen LogP contribution in [0.15, 0.2) is 0 Å². The van der Waals surface area contributed by atoms with E-state index in [9.17, 15) is 35.9 Å². The van der Waals surface area contributed by atoms with Crippen molar-refractivity contribution < 1.29 is 55.6 Å². The Bertz CT molecular complexity index is 685. The minimum absolute atomic E-state index is 0.279. The smallest absolute Gasteiger partial charge is 0.410 e. The van der Waals surface area contributed by atoms with Gasteiger partial charge in [-0.3, -0.25) is 0 Å². The summed E-state index contributed by atoms with van der Waals surface area (Å²) in [4.78, 5) is 25.4. The monoisotopic (exact) mass is 538 g/mol. The molecule has 0 aliphatic carbocycles. The summed E-state index contributed by atoms with van der Waals surface area (Å²) in [6.45, 7) is 7.91. The first-order chi connectivity index (χ1) is 16.1. The molecule has 212 valence electrons. The highest BCUT2D eigenvalue weighted by Crippen LogP contribution is 2.38. The maximum Gasteiger partial charge on any atom is 0.410 e. The molecule has 0 bridgehead atoms. The summed E-state index contributed by atoms with van der Waals surface area (Å²) in [6, 6.07) is -1.65. The van der Waals surface area contributed by atoms with Crippen LogP contribution in [0.3, 0.4) is 0 Å². The lowest BCUT2D eigenvalue weighted by molar-refractivity contribution is -0.171. The van der Waals surface area contributed by atoms with E-state index in [1.54, 1.807) is 41.5 Å². The number of likely N-dealkylation sites (tertiary alicyclic amines) is 2. The minimum atomic E-state index is -4.36. The summed E-state index contributed by atoms with van der Waals surface area (Å²) in [5, 5.41) is 18.1. The number of ether oxygens (including phenoxy) is 2. The minimum Gasteiger partial charge on any atom is -0.444 e. The lowest BCUT2D eigenvalue weighted by atomic mass is 10.1. The Labute approximate surface area is 206 Å². The zero-order valence-corrected chi connectivity index (χ0v) is 21.2. The van der Waals surface area contributed by atoms with Crippen LogP contribution in [0.4, 0.5) is 35.9 Å². The molecule has 14 heteroatoms. The second kappa shape index (κ2) is 11.6. The number of aliphatic hydroxyl groups is 2. The van der Waals surface area contributed by atoms with Crippen LogP contribution >= 0.6 is 0 Å². The lowest BCUT2D eigenvalue weighted by Crippen LogP contribution is -2.41. The molecule has 0 radical (unpaired) electrons. The maximum atomic E-state index is 12.6. The summed E-state index contributed by atoms with van der Waals surface area (Å²) in [7, 11) is 0. The summed E-state index contributed by atoms with van der Waals surface area (Å²) < 4.78 is 85.6. The van der Waals surface area contributed by atoms with E-state index in [1.165, 1.54) is 0 Å². The number of halogens is 6. The van der Waals surface area contributed by atoms with Gasteiger partial charge in [0.1, 0.15) is 11.2 Å². The first kappa shape index (κ1) is 32.1. The molecule has 36 heavy (non-hydrogen) atoms. The second-order valence-corrected chi connectivity index (χ2v) is 10.9. The zero-order valence-electron chi connectivity index (χ0n) is 21.2. The molecule has 2 amide bonds. The first-order valence-electron chi connectivity index (χ1n) is 11.4. The van der Waals surface area contributed by atoms with E-state index in [4.69, 9.17) is 19.7 Å². The average Bonchev–Trinajstić information content (AvgIpc) is 3.29. The van der Waals surface area contributed by atoms with Crippen molar-refractivity contribution in [2.75, 3.05) is 26.3 Å². The van der Waals surface area contributed by atoms with Crippen LogP contribution < -0.4 is 0 Å². The quantitative estimate of drug-likeness (QED) is 0.508. The molecule has 2 N–H and O–H groups in total. The van der Waals surface area contributed by atoms with Gasteiger partial charge in [-0.05, 0) is 54.4 Å². The van der Waals surface area contributed by atoms with Gasteiger partial charge in [-0.1, -0.05) is 0 Å². The van der Waals surface area contributed by atoms with Crippen LogP contribution in [0.1, 0.15) is 54.4 Å². The van der Waals surface area contributed by atoms with Gasteiger partial charge >= 0.3 is 24.5 Å². The van der Waals surface area contributed by atoms with Crippen LogP contribution in [0.5, 0.6) is 0 Å². The van der Waals surface area contributed by atoms with Crippen molar-refractivity contribution in [3.8, 4) is 0 Å². The molecule has 2 fully saturated rings. The number of amides is 2. The summed E-state index contributed by atoms with van der Waals surface area (Å²) in [5.74, 6) is -3.19. The van der Waals surface area contributed by atoms with Gasteiger partial charge < -0.3 is 29.5 Å². The van der Waals surface area contributed by atoms with E-state index in [0.29, 0.717) is 0 Å². The molecule has 2 aliphatic rings. The van der Waals surface area contributed by atoms with Gasteiger partial charge in [0.2, 0.25) is 0 Å². The van der Waals surface area contributed by atoms with Gasteiger partial charge in [0.15, 0.2) is 0 Å². The molecule has 8 nitrogen and oxygen atoms in total. The second-order valence-electron chi connectivity index (χ2n) is 10.9. The van der Waals surface area contributed by atoms with E-state index in [-0.39, 0.29) is 12.8 Å². The van der Waals surface area contributed by atoms with E-state index < -0.39 is 86.0 Å². The van der Waals surface area contributed by atoms with E-state index >= 15 is 0 Å². The standard InChI is InChI=1S/2C11H18F3NO3/c2*1-10(2,3)18-9(17)15-5-7(11(12,13)14)4-8(15)6-16/h2*7-8,16H,4-6H2,1-3H3/t2*7-,8-/m10/s1. The molecule has 2 rings (SSSR count). The van der Waals surface area contributed by atoms with Crippen molar-refractivity contribution in [1.82, 2.24) is 9.80 Å². The van der Waals surface area contributed by atoms with Crippen LogP contribution in [-0.4, -0.2) is 94.1 Å². The van der Waals surface area contributed by atoms with Crippen molar-refractivity contribution in [2.24, 2.45) is 11.8 Å². The summed E-state index contributed by atoms with van der Waals surface area (Å²) in [6.07, 6.45) is -10.9. The predicted molar refractivity (Wildman–Crippen MR) is 116 cm³/mol. The third-order valence-electron chi connectivity index (χ3n) is 5.43. The fourth-order valence-electron chi connectivity index (χ4n) is 3.74. The SMILES string of the molecule is CC(C)(C)OC(=O)N1C[C@@H](C(F)(F)F)C[C@H]1CO.CC(C)(C)OC(=O)N1C[C@H](C(F)(F)F)C[C@@H]1CO. The number of hydrogen-bond donors (Lipinski definition) is 2. The van der Waals surface area contributed by atoms with Crippen LogP contribution in [0.25, 0.3) is 0 Å². The van der Waals surface area contributed by atoms with Crippen molar-refractivity contribution >= 4 is 12.2 Å². The van der Waals surface area contributed by atoms with Crippen LogP contribution in [0.2, 0.25) is 0 Å². The number of carbonyl (C=O) groups excluding carboxylic acids is 2. The highest BCUT2D eigenvalue weighted by Gasteiger charge is 2.50. The molecular formula is C22H36F6N2O6. The predicted octanol–water partition coefficient (Wildman–Crippen LogP) is 4.33. The summed E-state index contributed by atoms with van der Waals surface area (Å²) in [5.41, 5.74) is -1.54. The Morgan fingerprint density at radius 3 is 1.17 bits per heavy atom. The zero-order chi connectivity index (χ0) is 28.3. The molecule has 0 spiro atoms. The van der Waals surface area contributed by atoms with Crippen molar-refractivity contribution in [2.45, 2.75) is 90.0 Å².